The maximum Gasteiger partial charge on any atom is 0.117 e. The highest BCUT2D eigenvalue weighted by atomic mass is 15.1. The molecule has 36 heavy (non-hydrogen) atoms. The molecule has 0 N–H and O–H groups in total. The molecule has 6 aromatic carbocycles. The van der Waals surface area contributed by atoms with Gasteiger partial charge in [-0.1, -0.05) is 98.8 Å². The van der Waals surface area contributed by atoms with Gasteiger partial charge in [0.2, 0.25) is 0 Å². The molecule has 172 valence electrons. The molecular weight excluding hydrogens is 436 g/mol. The SMILES string of the molecule is CC(C)c1nc2ccccc2n1-c1ccc(-c2ccc3c4ccccc4c4ccccc4c3c2)cc1. The van der Waals surface area contributed by atoms with Gasteiger partial charge in [-0.25, -0.2) is 4.98 Å². The molecule has 0 aliphatic carbocycles. The first-order valence-corrected chi connectivity index (χ1v) is 12.6. The van der Waals surface area contributed by atoms with Crippen LogP contribution in [0.15, 0.2) is 115 Å². The van der Waals surface area contributed by atoms with Gasteiger partial charge in [0.25, 0.3) is 0 Å². The van der Waals surface area contributed by atoms with Gasteiger partial charge in [-0.3, -0.25) is 4.57 Å². The maximum absolute atomic E-state index is 4.92. The first-order valence-electron chi connectivity index (χ1n) is 12.6. The number of aromatic nitrogens is 2. The number of benzene rings is 6. The van der Waals surface area contributed by atoms with E-state index in [1.165, 1.54) is 43.4 Å². The van der Waals surface area contributed by atoms with Gasteiger partial charge in [-0.2, -0.15) is 0 Å². The van der Waals surface area contributed by atoms with Gasteiger partial charge in [0.05, 0.1) is 11.0 Å². The molecule has 0 spiro atoms. The highest BCUT2D eigenvalue weighted by molar-refractivity contribution is 6.25. The third-order valence-electron chi connectivity index (χ3n) is 7.31. The molecule has 0 saturated heterocycles. The Kier molecular flexibility index (Phi) is 4.68. The molecule has 7 aromatic rings. The largest absolute Gasteiger partial charge is 0.296 e. The van der Waals surface area contributed by atoms with Crippen molar-refractivity contribution in [3.05, 3.63) is 121 Å². The summed E-state index contributed by atoms with van der Waals surface area (Å²) < 4.78 is 2.30. The molecule has 2 heteroatoms. The van der Waals surface area contributed by atoms with E-state index in [-0.39, 0.29) is 0 Å². The van der Waals surface area contributed by atoms with E-state index in [1.54, 1.807) is 0 Å². The highest BCUT2D eigenvalue weighted by Crippen LogP contribution is 2.37. The average molecular weight is 463 g/mol. The molecule has 0 aliphatic rings. The van der Waals surface area contributed by atoms with Crippen molar-refractivity contribution in [1.29, 1.82) is 0 Å². The lowest BCUT2D eigenvalue weighted by Crippen LogP contribution is -2.02. The molecule has 0 saturated carbocycles. The summed E-state index contributed by atoms with van der Waals surface area (Å²) in [6.07, 6.45) is 0. The predicted octanol–water partition coefficient (Wildman–Crippen LogP) is 9.28. The number of imidazole rings is 1. The Bertz CT molecular complexity index is 1870. The number of nitrogens with zero attached hydrogens (tertiary/aromatic N) is 2. The van der Waals surface area contributed by atoms with E-state index < -0.39 is 0 Å². The van der Waals surface area contributed by atoms with E-state index in [1.807, 2.05) is 0 Å². The van der Waals surface area contributed by atoms with Crippen LogP contribution < -0.4 is 0 Å². The second kappa shape index (κ2) is 8.07. The molecule has 0 fully saturated rings. The van der Waals surface area contributed by atoms with Crippen LogP contribution in [-0.4, -0.2) is 9.55 Å². The molecule has 0 bridgehead atoms. The molecule has 1 aromatic heterocycles. The number of fused-ring (bicyclic) bond motifs is 7. The standard InChI is InChI=1S/C34H26N2/c1-22(2)34-35-32-13-7-8-14-33(32)36(34)25-18-15-23(16-19-25)24-17-20-30-28-11-4-3-9-26(28)27-10-5-6-12-29(27)31(30)21-24/h3-22H,1-2H3. The smallest absolute Gasteiger partial charge is 0.117 e. The van der Waals surface area contributed by atoms with Gasteiger partial charge in [0, 0.05) is 11.6 Å². The fourth-order valence-electron chi connectivity index (χ4n) is 5.59. The summed E-state index contributed by atoms with van der Waals surface area (Å²) in [5, 5.41) is 7.83. The zero-order valence-corrected chi connectivity index (χ0v) is 20.4. The third kappa shape index (κ3) is 3.15. The molecule has 0 radical (unpaired) electrons. The first-order chi connectivity index (χ1) is 17.7. The molecule has 0 amide bonds. The lowest BCUT2D eigenvalue weighted by atomic mass is 9.92. The summed E-state index contributed by atoms with van der Waals surface area (Å²) in [5.74, 6) is 1.42. The van der Waals surface area contributed by atoms with Crippen LogP contribution in [0.3, 0.4) is 0 Å². The number of hydrogen-bond donors (Lipinski definition) is 0. The zero-order valence-electron chi connectivity index (χ0n) is 20.4. The summed E-state index contributed by atoms with van der Waals surface area (Å²) in [7, 11) is 0. The Morgan fingerprint density at radius 3 is 1.69 bits per heavy atom. The molecule has 0 unspecified atom stereocenters. The van der Waals surface area contributed by atoms with Crippen LogP contribution in [0.25, 0.3) is 60.2 Å². The van der Waals surface area contributed by atoms with Crippen molar-refractivity contribution in [1.82, 2.24) is 9.55 Å². The van der Waals surface area contributed by atoms with Crippen molar-refractivity contribution >= 4 is 43.4 Å². The van der Waals surface area contributed by atoms with Crippen molar-refractivity contribution in [2.75, 3.05) is 0 Å². The Morgan fingerprint density at radius 2 is 1.06 bits per heavy atom. The normalized spacial score (nSPS) is 11.9. The summed E-state index contributed by atoms with van der Waals surface area (Å²) in [6, 6.07) is 41.7. The van der Waals surface area contributed by atoms with E-state index in [0.717, 1.165) is 22.5 Å². The third-order valence-corrected chi connectivity index (χ3v) is 7.31. The summed E-state index contributed by atoms with van der Waals surface area (Å²) >= 11 is 0. The molecule has 2 nitrogen and oxygen atoms in total. The first kappa shape index (κ1) is 20.9. The Balaban J connectivity index is 1.39. The van der Waals surface area contributed by atoms with Gasteiger partial charge in [0.1, 0.15) is 5.82 Å². The molecule has 0 atom stereocenters. The van der Waals surface area contributed by atoms with Gasteiger partial charge < -0.3 is 0 Å². The lowest BCUT2D eigenvalue weighted by molar-refractivity contribution is 0.760. The molecular formula is C34H26N2. The maximum atomic E-state index is 4.92. The minimum atomic E-state index is 0.334. The monoisotopic (exact) mass is 462 g/mol. The fourth-order valence-corrected chi connectivity index (χ4v) is 5.59. The van der Waals surface area contributed by atoms with Crippen LogP contribution in [0.1, 0.15) is 25.6 Å². The number of para-hydroxylation sites is 2. The van der Waals surface area contributed by atoms with Crippen molar-refractivity contribution in [3.8, 4) is 16.8 Å². The topological polar surface area (TPSA) is 17.8 Å². The van der Waals surface area contributed by atoms with Crippen molar-refractivity contribution in [3.63, 3.8) is 0 Å². The van der Waals surface area contributed by atoms with E-state index in [0.29, 0.717) is 5.92 Å². The fraction of sp³-hybridized carbons (Fsp3) is 0.0882. The molecule has 0 aliphatic heterocycles. The lowest BCUT2D eigenvalue weighted by Gasteiger charge is -2.14. The average Bonchev–Trinajstić information content (AvgIpc) is 3.33. The molecule has 7 rings (SSSR count). The minimum absolute atomic E-state index is 0.334. The van der Waals surface area contributed by atoms with Crippen LogP contribution in [0.4, 0.5) is 0 Å². The summed E-state index contributed by atoms with van der Waals surface area (Å²) in [4.78, 5) is 4.92. The minimum Gasteiger partial charge on any atom is -0.296 e. The zero-order chi connectivity index (χ0) is 24.2. The Labute approximate surface area is 210 Å². The van der Waals surface area contributed by atoms with Gasteiger partial charge >= 0.3 is 0 Å². The van der Waals surface area contributed by atoms with E-state index in [2.05, 4.69) is 134 Å². The van der Waals surface area contributed by atoms with Crippen LogP contribution in [0.5, 0.6) is 0 Å². The van der Waals surface area contributed by atoms with E-state index in [4.69, 9.17) is 4.98 Å². The molecule has 1 heterocycles. The van der Waals surface area contributed by atoms with Crippen molar-refractivity contribution < 1.29 is 0 Å². The second-order valence-corrected chi connectivity index (χ2v) is 9.85. The summed E-state index contributed by atoms with van der Waals surface area (Å²) in [5.41, 5.74) is 5.78. The van der Waals surface area contributed by atoms with Gasteiger partial charge in [0.15, 0.2) is 0 Å². The second-order valence-electron chi connectivity index (χ2n) is 9.85. The van der Waals surface area contributed by atoms with Crippen LogP contribution >= 0.6 is 0 Å². The predicted molar refractivity (Wildman–Crippen MR) is 153 cm³/mol. The Morgan fingerprint density at radius 1 is 0.528 bits per heavy atom. The van der Waals surface area contributed by atoms with E-state index >= 15 is 0 Å². The highest BCUT2D eigenvalue weighted by Gasteiger charge is 2.15. The summed E-state index contributed by atoms with van der Waals surface area (Å²) in [6.45, 7) is 4.41. The van der Waals surface area contributed by atoms with Crippen molar-refractivity contribution in [2.45, 2.75) is 19.8 Å². The van der Waals surface area contributed by atoms with E-state index in [9.17, 15) is 0 Å². The van der Waals surface area contributed by atoms with Gasteiger partial charge in [-0.15, -0.1) is 0 Å². The quantitative estimate of drug-likeness (QED) is 0.239. The number of rotatable bonds is 3. The van der Waals surface area contributed by atoms with Crippen LogP contribution in [0, 0.1) is 0 Å². The van der Waals surface area contributed by atoms with Gasteiger partial charge in [-0.05, 0) is 73.8 Å². The van der Waals surface area contributed by atoms with Crippen LogP contribution in [0.2, 0.25) is 0 Å². The number of hydrogen-bond acceptors (Lipinski definition) is 1. The van der Waals surface area contributed by atoms with Crippen molar-refractivity contribution in [2.24, 2.45) is 0 Å². The van der Waals surface area contributed by atoms with Crippen LogP contribution in [-0.2, 0) is 0 Å². The Hall–Kier alpha value is -4.43.